The minimum Gasteiger partial charge on any atom is -0.311 e. The van der Waals surface area contributed by atoms with Gasteiger partial charge in [-0.1, -0.05) is 6.07 Å². The van der Waals surface area contributed by atoms with Crippen LogP contribution in [-0.2, 0) is 16.4 Å². The molecule has 1 saturated heterocycles. The fourth-order valence-corrected chi connectivity index (χ4v) is 3.03. The number of aryl methyl sites for hydroxylation is 1. The Morgan fingerprint density at radius 3 is 3.00 bits per heavy atom. The molecule has 0 aliphatic carbocycles. The molecule has 1 aliphatic heterocycles. The fraction of sp³-hybridized carbons (Fsp3) is 0.583. The van der Waals surface area contributed by atoms with E-state index in [0.29, 0.717) is 13.1 Å². The molecule has 0 saturated carbocycles. The quantitative estimate of drug-likeness (QED) is 0.851. The van der Waals surface area contributed by atoms with Crippen LogP contribution in [0.5, 0.6) is 0 Å². The van der Waals surface area contributed by atoms with Crippen LogP contribution in [0.1, 0.15) is 12.1 Å². The summed E-state index contributed by atoms with van der Waals surface area (Å²) in [4.78, 5) is 4.27. The van der Waals surface area contributed by atoms with E-state index in [4.69, 9.17) is 0 Å². The van der Waals surface area contributed by atoms with E-state index in [1.165, 1.54) is 6.26 Å². The van der Waals surface area contributed by atoms with Gasteiger partial charge in [-0.2, -0.15) is 4.31 Å². The molecule has 1 N–H and O–H groups in total. The Hall–Kier alpha value is -0.980. The summed E-state index contributed by atoms with van der Waals surface area (Å²) < 4.78 is 24.5. The number of sulfonamides is 1. The fourth-order valence-electron chi connectivity index (χ4n) is 2.16. The van der Waals surface area contributed by atoms with Gasteiger partial charge in [0.05, 0.1) is 6.26 Å². The summed E-state index contributed by atoms with van der Waals surface area (Å²) in [5.41, 5.74) is 1.05. The topological polar surface area (TPSA) is 62.3 Å². The van der Waals surface area contributed by atoms with Crippen LogP contribution in [0.2, 0.25) is 0 Å². The van der Waals surface area contributed by atoms with Crippen LogP contribution in [0, 0.1) is 0 Å². The Labute approximate surface area is 108 Å². The Bertz CT molecular complexity index is 475. The molecule has 1 aromatic rings. The lowest BCUT2D eigenvalue weighted by molar-refractivity contribution is 0.290. The average molecular weight is 269 g/mol. The number of hydrogen-bond donors (Lipinski definition) is 1. The van der Waals surface area contributed by atoms with Gasteiger partial charge in [0.2, 0.25) is 10.0 Å². The highest BCUT2D eigenvalue weighted by atomic mass is 32.2. The SMILES string of the molecule is CS(=O)(=O)N1CCNC(CCc2ccccn2)C1. The molecule has 100 valence electrons. The van der Waals surface area contributed by atoms with E-state index in [9.17, 15) is 8.42 Å². The second kappa shape index (κ2) is 5.77. The first-order valence-electron chi connectivity index (χ1n) is 6.14. The summed E-state index contributed by atoms with van der Waals surface area (Å²) >= 11 is 0. The molecule has 0 amide bonds. The second-order valence-electron chi connectivity index (χ2n) is 4.63. The predicted octanol–water partition coefficient (Wildman–Crippen LogP) is 0.248. The molecule has 0 radical (unpaired) electrons. The molecule has 18 heavy (non-hydrogen) atoms. The van der Waals surface area contributed by atoms with E-state index in [0.717, 1.165) is 25.1 Å². The lowest BCUT2D eigenvalue weighted by Crippen LogP contribution is -2.52. The summed E-state index contributed by atoms with van der Waals surface area (Å²) in [6, 6.07) is 6.08. The number of piperazine rings is 1. The van der Waals surface area contributed by atoms with Gasteiger partial charge in [-0.15, -0.1) is 0 Å². The van der Waals surface area contributed by atoms with Crippen LogP contribution in [0.25, 0.3) is 0 Å². The largest absolute Gasteiger partial charge is 0.311 e. The molecular weight excluding hydrogens is 250 g/mol. The van der Waals surface area contributed by atoms with Gasteiger partial charge in [0.15, 0.2) is 0 Å². The van der Waals surface area contributed by atoms with E-state index in [-0.39, 0.29) is 6.04 Å². The standard InChI is InChI=1S/C12H19N3O2S/c1-18(16,17)15-9-8-14-12(10-15)6-5-11-4-2-3-7-13-11/h2-4,7,12,14H,5-6,8-10H2,1H3. The monoisotopic (exact) mass is 269 g/mol. The van der Waals surface area contributed by atoms with Crippen molar-refractivity contribution in [1.29, 1.82) is 0 Å². The van der Waals surface area contributed by atoms with E-state index in [1.807, 2.05) is 18.2 Å². The molecule has 1 aliphatic rings. The third-order valence-corrected chi connectivity index (χ3v) is 4.43. The maximum absolute atomic E-state index is 11.5. The van der Waals surface area contributed by atoms with E-state index in [2.05, 4.69) is 10.3 Å². The first kappa shape index (κ1) is 13.5. The first-order valence-corrected chi connectivity index (χ1v) is 7.99. The van der Waals surface area contributed by atoms with Crippen LogP contribution in [0.15, 0.2) is 24.4 Å². The van der Waals surface area contributed by atoms with Gasteiger partial charge in [0, 0.05) is 37.6 Å². The van der Waals surface area contributed by atoms with Crippen molar-refractivity contribution in [2.45, 2.75) is 18.9 Å². The summed E-state index contributed by atoms with van der Waals surface area (Å²) in [5.74, 6) is 0. The number of nitrogens with zero attached hydrogens (tertiary/aromatic N) is 2. The summed E-state index contributed by atoms with van der Waals surface area (Å²) in [7, 11) is -3.06. The zero-order valence-corrected chi connectivity index (χ0v) is 11.4. The predicted molar refractivity (Wildman–Crippen MR) is 70.8 cm³/mol. The number of nitrogens with one attached hydrogen (secondary N) is 1. The van der Waals surface area contributed by atoms with E-state index in [1.54, 1.807) is 10.5 Å². The lowest BCUT2D eigenvalue weighted by Gasteiger charge is -2.32. The zero-order valence-electron chi connectivity index (χ0n) is 10.5. The van der Waals surface area contributed by atoms with Crippen molar-refractivity contribution < 1.29 is 8.42 Å². The van der Waals surface area contributed by atoms with Crippen molar-refractivity contribution in [3.05, 3.63) is 30.1 Å². The highest BCUT2D eigenvalue weighted by Crippen LogP contribution is 2.09. The van der Waals surface area contributed by atoms with Crippen molar-refractivity contribution >= 4 is 10.0 Å². The number of rotatable bonds is 4. The average Bonchev–Trinajstić information content (AvgIpc) is 2.37. The van der Waals surface area contributed by atoms with Gasteiger partial charge in [-0.05, 0) is 25.0 Å². The number of hydrogen-bond acceptors (Lipinski definition) is 4. The van der Waals surface area contributed by atoms with Gasteiger partial charge >= 0.3 is 0 Å². The maximum Gasteiger partial charge on any atom is 0.211 e. The first-order chi connectivity index (χ1) is 8.55. The zero-order chi connectivity index (χ0) is 13.0. The van der Waals surface area contributed by atoms with Gasteiger partial charge in [0.25, 0.3) is 0 Å². The van der Waals surface area contributed by atoms with Gasteiger partial charge in [-0.3, -0.25) is 4.98 Å². The molecule has 0 bridgehead atoms. The highest BCUT2D eigenvalue weighted by molar-refractivity contribution is 7.88. The Balaban J connectivity index is 1.87. The second-order valence-corrected chi connectivity index (χ2v) is 6.61. The molecule has 2 rings (SSSR count). The minimum atomic E-state index is -3.06. The molecule has 0 spiro atoms. The molecule has 1 aromatic heterocycles. The van der Waals surface area contributed by atoms with Gasteiger partial charge in [0.1, 0.15) is 0 Å². The summed E-state index contributed by atoms with van der Waals surface area (Å²) in [5, 5.41) is 3.36. The van der Waals surface area contributed by atoms with Crippen LogP contribution in [-0.4, -0.2) is 49.6 Å². The van der Waals surface area contributed by atoms with Crippen LogP contribution < -0.4 is 5.32 Å². The molecular formula is C12H19N3O2S. The third-order valence-electron chi connectivity index (χ3n) is 3.16. The van der Waals surface area contributed by atoms with Gasteiger partial charge < -0.3 is 5.32 Å². The summed E-state index contributed by atoms with van der Waals surface area (Å²) in [6.07, 6.45) is 4.83. The molecule has 1 unspecified atom stereocenters. The van der Waals surface area contributed by atoms with Crippen molar-refractivity contribution in [1.82, 2.24) is 14.6 Å². The Morgan fingerprint density at radius 1 is 1.50 bits per heavy atom. The van der Waals surface area contributed by atoms with Crippen LogP contribution >= 0.6 is 0 Å². The van der Waals surface area contributed by atoms with E-state index >= 15 is 0 Å². The molecule has 1 atom stereocenters. The molecule has 2 heterocycles. The van der Waals surface area contributed by atoms with Crippen LogP contribution in [0.4, 0.5) is 0 Å². The van der Waals surface area contributed by atoms with Crippen molar-refractivity contribution in [2.75, 3.05) is 25.9 Å². The smallest absolute Gasteiger partial charge is 0.211 e. The summed E-state index contributed by atoms with van der Waals surface area (Å²) in [6.45, 7) is 1.85. The molecule has 5 nitrogen and oxygen atoms in total. The van der Waals surface area contributed by atoms with Crippen molar-refractivity contribution in [3.8, 4) is 0 Å². The number of pyridine rings is 1. The lowest BCUT2D eigenvalue weighted by atomic mass is 10.1. The van der Waals surface area contributed by atoms with Crippen LogP contribution in [0.3, 0.4) is 0 Å². The van der Waals surface area contributed by atoms with Gasteiger partial charge in [-0.25, -0.2) is 8.42 Å². The van der Waals surface area contributed by atoms with E-state index < -0.39 is 10.0 Å². The third kappa shape index (κ3) is 3.76. The normalized spacial score (nSPS) is 21.9. The minimum absolute atomic E-state index is 0.218. The Kier molecular flexibility index (Phi) is 4.31. The number of aromatic nitrogens is 1. The maximum atomic E-state index is 11.5. The Morgan fingerprint density at radius 2 is 2.33 bits per heavy atom. The molecule has 0 aromatic carbocycles. The van der Waals surface area contributed by atoms with Crippen molar-refractivity contribution in [2.24, 2.45) is 0 Å². The highest BCUT2D eigenvalue weighted by Gasteiger charge is 2.25. The molecule has 1 fully saturated rings. The van der Waals surface area contributed by atoms with Crippen molar-refractivity contribution in [3.63, 3.8) is 0 Å². The molecule has 6 heteroatoms.